The van der Waals surface area contributed by atoms with E-state index in [1.807, 2.05) is 31.2 Å². The third-order valence-electron chi connectivity index (χ3n) is 3.41. The first-order chi connectivity index (χ1) is 10.1. The molecule has 0 aliphatic carbocycles. The standard InChI is InChI=1S/C16H19BrFNO2/c1-2-4-15(18)21-16(20)19-9-7-12(8-10-19)13-5-3-6-14(17)11-13/h3,5-7,11,15H,2,4,8-10H2,1H3. The first-order valence-electron chi connectivity index (χ1n) is 7.14. The molecule has 1 atom stereocenters. The molecule has 1 aliphatic heterocycles. The number of halogens is 2. The van der Waals surface area contributed by atoms with Gasteiger partial charge in [0, 0.05) is 24.0 Å². The zero-order valence-corrected chi connectivity index (χ0v) is 13.6. The second kappa shape index (κ2) is 7.59. The molecule has 5 heteroatoms. The Labute approximate surface area is 132 Å². The van der Waals surface area contributed by atoms with Crippen molar-refractivity contribution in [1.82, 2.24) is 4.90 Å². The summed E-state index contributed by atoms with van der Waals surface area (Å²) >= 11 is 3.45. The van der Waals surface area contributed by atoms with Gasteiger partial charge in [-0.1, -0.05) is 41.1 Å². The number of carbonyl (C=O) groups excluding carboxylic acids is 1. The van der Waals surface area contributed by atoms with E-state index < -0.39 is 12.5 Å². The summed E-state index contributed by atoms with van der Waals surface area (Å²) < 4.78 is 19.1. The van der Waals surface area contributed by atoms with E-state index in [9.17, 15) is 9.18 Å². The number of hydrogen-bond donors (Lipinski definition) is 0. The smallest absolute Gasteiger partial charge is 0.412 e. The maximum Gasteiger partial charge on any atom is 0.412 e. The fourth-order valence-corrected chi connectivity index (χ4v) is 2.65. The molecule has 1 aliphatic rings. The number of alkyl halides is 1. The summed E-state index contributed by atoms with van der Waals surface area (Å²) in [6.07, 6.45) is 1.58. The zero-order valence-electron chi connectivity index (χ0n) is 12.0. The van der Waals surface area contributed by atoms with E-state index in [2.05, 4.69) is 22.0 Å². The van der Waals surface area contributed by atoms with Gasteiger partial charge in [0.1, 0.15) is 0 Å². The van der Waals surface area contributed by atoms with Crippen molar-refractivity contribution in [1.29, 1.82) is 0 Å². The van der Waals surface area contributed by atoms with Gasteiger partial charge in [-0.15, -0.1) is 0 Å². The predicted octanol–water partition coefficient (Wildman–Crippen LogP) is 4.77. The molecule has 3 nitrogen and oxygen atoms in total. The van der Waals surface area contributed by atoms with Crippen molar-refractivity contribution >= 4 is 27.6 Å². The molecule has 0 N–H and O–H groups in total. The van der Waals surface area contributed by atoms with Gasteiger partial charge in [-0.05, 0) is 36.1 Å². The van der Waals surface area contributed by atoms with Crippen LogP contribution in [0.4, 0.5) is 9.18 Å². The molecule has 114 valence electrons. The molecule has 1 amide bonds. The summed E-state index contributed by atoms with van der Waals surface area (Å²) in [5.74, 6) is 0. The van der Waals surface area contributed by atoms with Gasteiger partial charge in [-0.2, -0.15) is 0 Å². The van der Waals surface area contributed by atoms with Crippen LogP contribution in [-0.4, -0.2) is 30.4 Å². The lowest BCUT2D eigenvalue weighted by molar-refractivity contribution is -0.00963. The van der Waals surface area contributed by atoms with Crippen molar-refractivity contribution in [2.24, 2.45) is 0 Å². The summed E-state index contributed by atoms with van der Waals surface area (Å²) in [5.41, 5.74) is 2.34. The van der Waals surface area contributed by atoms with E-state index >= 15 is 0 Å². The van der Waals surface area contributed by atoms with E-state index in [4.69, 9.17) is 4.74 Å². The fourth-order valence-electron chi connectivity index (χ4n) is 2.26. The van der Waals surface area contributed by atoms with E-state index in [-0.39, 0.29) is 6.42 Å². The molecule has 0 spiro atoms. The maximum absolute atomic E-state index is 13.3. The Morgan fingerprint density at radius 3 is 2.95 bits per heavy atom. The average Bonchev–Trinajstić information content (AvgIpc) is 2.47. The number of amides is 1. The van der Waals surface area contributed by atoms with Gasteiger partial charge in [-0.3, -0.25) is 0 Å². The Morgan fingerprint density at radius 1 is 1.52 bits per heavy atom. The van der Waals surface area contributed by atoms with E-state index in [0.717, 1.165) is 16.5 Å². The summed E-state index contributed by atoms with van der Waals surface area (Å²) in [6.45, 7) is 2.86. The Balaban J connectivity index is 1.94. The normalized spacial score (nSPS) is 16.3. The minimum Gasteiger partial charge on any atom is -0.415 e. The predicted molar refractivity (Wildman–Crippen MR) is 84.6 cm³/mol. The Morgan fingerprint density at radius 2 is 2.33 bits per heavy atom. The average molecular weight is 356 g/mol. The molecular formula is C16H19BrFNO2. The first-order valence-corrected chi connectivity index (χ1v) is 7.94. The number of nitrogens with zero attached hydrogens (tertiary/aromatic N) is 1. The van der Waals surface area contributed by atoms with Crippen molar-refractivity contribution in [3.05, 3.63) is 40.4 Å². The molecule has 1 heterocycles. The maximum atomic E-state index is 13.3. The second-order valence-electron chi connectivity index (χ2n) is 5.02. The lowest BCUT2D eigenvalue weighted by Crippen LogP contribution is -2.36. The van der Waals surface area contributed by atoms with Gasteiger partial charge >= 0.3 is 6.09 Å². The number of carbonyl (C=O) groups is 1. The van der Waals surface area contributed by atoms with Crippen LogP contribution >= 0.6 is 15.9 Å². The minimum absolute atomic E-state index is 0.249. The van der Waals surface area contributed by atoms with Crippen LogP contribution in [0.25, 0.3) is 5.57 Å². The highest BCUT2D eigenvalue weighted by Gasteiger charge is 2.21. The van der Waals surface area contributed by atoms with Crippen LogP contribution < -0.4 is 0 Å². The molecule has 0 saturated carbocycles. The summed E-state index contributed by atoms with van der Waals surface area (Å²) in [7, 11) is 0. The minimum atomic E-state index is -1.50. The topological polar surface area (TPSA) is 29.5 Å². The molecule has 0 radical (unpaired) electrons. The molecular weight excluding hydrogens is 337 g/mol. The molecule has 1 unspecified atom stereocenters. The molecule has 0 saturated heterocycles. The van der Waals surface area contributed by atoms with Crippen LogP contribution in [0.3, 0.4) is 0 Å². The lowest BCUT2D eigenvalue weighted by Gasteiger charge is -2.26. The van der Waals surface area contributed by atoms with Gasteiger partial charge < -0.3 is 9.64 Å². The quantitative estimate of drug-likeness (QED) is 0.778. The highest BCUT2D eigenvalue weighted by molar-refractivity contribution is 9.10. The van der Waals surface area contributed by atoms with Gasteiger partial charge in [0.25, 0.3) is 0 Å². The van der Waals surface area contributed by atoms with E-state index in [0.29, 0.717) is 19.5 Å². The fraction of sp³-hybridized carbons (Fsp3) is 0.438. The van der Waals surface area contributed by atoms with Crippen LogP contribution in [0.15, 0.2) is 34.8 Å². The third kappa shape index (κ3) is 4.56. The molecule has 1 aromatic carbocycles. The monoisotopic (exact) mass is 355 g/mol. The van der Waals surface area contributed by atoms with Crippen molar-refractivity contribution in [2.45, 2.75) is 32.5 Å². The number of ether oxygens (including phenoxy) is 1. The van der Waals surface area contributed by atoms with Crippen molar-refractivity contribution in [2.75, 3.05) is 13.1 Å². The van der Waals surface area contributed by atoms with Crippen LogP contribution in [0.1, 0.15) is 31.7 Å². The third-order valence-corrected chi connectivity index (χ3v) is 3.90. The summed E-state index contributed by atoms with van der Waals surface area (Å²) in [5, 5.41) is 0. The Kier molecular flexibility index (Phi) is 5.79. The van der Waals surface area contributed by atoms with E-state index in [1.54, 1.807) is 0 Å². The molecule has 0 aromatic heterocycles. The van der Waals surface area contributed by atoms with Gasteiger partial charge in [0.05, 0.1) is 0 Å². The summed E-state index contributed by atoms with van der Waals surface area (Å²) in [6, 6.07) is 8.06. The van der Waals surface area contributed by atoms with Crippen molar-refractivity contribution in [3.63, 3.8) is 0 Å². The number of rotatable bonds is 4. The Hall–Kier alpha value is -1.36. The van der Waals surface area contributed by atoms with Crippen LogP contribution in [-0.2, 0) is 4.74 Å². The van der Waals surface area contributed by atoms with Gasteiger partial charge in [-0.25, -0.2) is 9.18 Å². The van der Waals surface area contributed by atoms with Gasteiger partial charge in [0.2, 0.25) is 6.36 Å². The summed E-state index contributed by atoms with van der Waals surface area (Å²) in [4.78, 5) is 13.3. The Bertz CT molecular complexity index is 533. The van der Waals surface area contributed by atoms with Gasteiger partial charge in [0.15, 0.2) is 0 Å². The number of benzene rings is 1. The van der Waals surface area contributed by atoms with E-state index in [1.165, 1.54) is 10.5 Å². The molecule has 0 fully saturated rings. The molecule has 21 heavy (non-hydrogen) atoms. The molecule has 0 bridgehead atoms. The molecule has 1 aromatic rings. The number of hydrogen-bond acceptors (Lipinski definition) is 2. The highest BCUT2D eigenvalue weighted by Crippen LogP contribution is 2.25. The second-order valence-corrected chi connectivity index (χ2v) is 5.93. The SMILES string of the molecule is CCCC(F)OC(=O)N1CC=C(c2cccc(Br)c2)CC1. The van der Waals surface area contributed by atoms with Crippen LogP contribution in [0.5, 0.6) is 0 Å². The largest absolute Gasteiger partial charge is 0.415 e. The van der Waals surface area contributed by atoms with Crippen LogP contribution in [0.2, 0.25) is 0 Å². The highest BCUT2D eigenvalue weighted by atomic mass is 79.9. The molecule has 2 rings (SSSR count). The first kappa shape index (κ1) is 16.0. The zero-order chi connectivity index (χ0) is 15.2. The van der Waals surface area contributed by atoms with Crippen LogP contribution in [0, 0.1) is 0 Å². The lowest BCUT2D eigenvalue weighted by atomic mass is 10.00. The van der Waals surface area contributed by atoms with Crippen molar-refractivity contribution in [3.8, 4) is 0 Å². The van der Waals surface area contributed by atoms with Crippen molar-refractivity contribution < 1.29 is 13.9 Å².